The first-order valence-corrected chi connectivity index (χ1v) is 16.2. The third-order valence-electron chi connectivity index (χ3n) is 8.08. The molecule has 0 spiro atoms. The first kappa shape index (κ1) is 33.3. The summed E-state index contributed by atoms with van der Waals surface area (Å²) in [6, 6.07) is 30.4. The molecule has 0 radical (unpaired) electrons. The molecule has 44 heavy (non-hydrogen) atoms. The smallest absolute Gasteiger partial charge is 1.00 e. The SMILES string of the molecule is C1=CC=C2C(=CC[C-]2c2cccc3ccccc23)C=C1.C1=CC=C2C(=CC[C-]2c2cccc3ccccc23)C=C1.[CH2]=[Zr+2].[Cl-].[Cl-]. The van der Waals surface area contributed by atoms with Crippen molar-refractivity contribution in [3.63, 3.8) is 0 Å². The zero-order valence-electron chi connectivity index (χ0n) is 24.4. The van der Waals surface area contributed by atoms with Crippen molar-refractivity contribution in [1.29, 1.82) is 0 Å². The summed E-state index contributed by atoms with van der Waals surface area (Å²) in [7, 11) is 0. The minimum atomic E-state index is 0. The summed E-state index contributed by atoms with van der Waals surface area (Å²) in [5.41, 5.74) is 8.15. The van der Waals surface area contributed by atoms with Gasteiger partial charge in [-0.3, -0.25) is 0 Å². The van der Waals surface area contributed by atoms with Crippen LogP contribution in [0.3, 0.4) is 0 Å². The standard InChI is InChI=1S/2C20H15.CH2.2ClH.Zr/c2*1-2-7-16-13-14-20(18(16)10-3-1)19-12-6-9-15-8-4-5-11-17(15)19;;;;/h2*1-13H,14H2;1H2;2*1H;/q2*-1;;;;+2/p-2. The topological polar surface area (TPSA) is 0 Å². The van der Waals surface area contributed by atoms with Gasteiger partial charge in [0.25, 0.3) is 0 Å². The van der Waals surface area contributed by atoms with Crippen molar-refractivity contribution in [3.05, 3.63) is 203 Å². The van der Waals surface area contributed by atoms with Crippen LogP contribution >= 0.6 is 0 Å². The van der Waals surface area contributed by atoms with E-state index in [4.69, 9.17) is 0 Å². The number of benzene rings is 4. The molecule has 4 aromatic carbocycles. The predicted molar refractivity (Wildman–Crippen MR) is 178 cm³/mol. The number of halogens is 2. The molecule has 216 valence electrons. The van der Waals surface area contributed by atoms with Crippen LogP contribution in [0, 0.1) is 11.8 Å². The Labute approximate surface area is 288 Å². The molecule has 0 amide bonds. The van der Waals surface area contributed by atoms with Crippen LogP contribution in [0.4, 0.5) is 0 Å². The van der Waals surface area contributed by atoms with Gasteiger partial charge in [0.05, 0.1) is 0 Å². The molecule has 4 aliphatic rings. The third kappa shape index (κ3) is 6.87. The molecule has 0 N–H and O–H groups in total. The minimum absolute atomic E-state index is 0. The van der Waals surface area contributed by atoms with Crippen LogP contribution < -0.4 is 24.8 Å². The van der Waals surface area contributed by atoms with Gasteiger partial charge in [-0.1, -0.05) is 154 Å². The number of fused-ring (bicyclic) bond motifs is 4. The maximum Gasteiger partial charge on any atom is -1.00 e. The van der Waals surface area contributed by atoms with Crippen molar-refractivity contribution >= 4 is 25.8 Å². The second kappa shape index (κ2) is 15.9. The van der Waals surface area contributed by atoms with Gasteiger partial charge in [-0.2, -0.15) is 0 Å². The van der Waals surface area contributed by atoms with Crippen LogP contribution in [-0.2, 0) is 24.2 Å². The summed E-state index contributed by atoms with van der Waals surface area (Å²) in [6.45, 7) is 0. The van der Waals surface area contributed by atoms with Gasteiger partial charge >= 0.3 is 28.4 Å². The van der Waals surface area contributed by atoms with Crippen molar-refractivity contribution in [1.82, 2.24) is 0 Å². The average Bonchev–Trinajstić information content (AvgIpc) is 3.45. The molecule has 0 aliphatic heterocycles. The van der Waals surface area contributed by atoms with Crippen LogP contribution in [0.5, 0.6) is 0 Å². The summed E-state index contributed by atoms with van der Waals surface area (Å²) >= 11 is 1.30. The number of allylic oxidation sites excluding steroid dienone is 16. The van der Waals surface area contributed by atoms with E-state index in [1.807, 2.05) is 0 Å². The molecule has 0 nitrogen and oxygen atoms in total. The molecule has 0 saturated carbocycles. The van der Waals surface area contributed by atoms with E-state index in [1.165, 1.54) is 91.0 Å². The second-order valence-corrected chi connectivity index (χ2v) is 10.4. The first-order valence-electron chi connectivity index (χ1n) is 14.4. The summed E-state index contributed by atoms with van der Waals surface area (Å²) in [5, 5.41) is 5.31. The maximum atomic E-state index is 3.34. The maximum absolute atomic E-state index is 3.34. The van der Waals surface area contributed by atoms with Crippen molar-refractivity contribution in [2.45, 2.75) is 12.8 Å². The van der Waals surface area contributed by atoms with Gasteiger partial charge in [-0.05, 0) is 12.8 Å². The van der Waals surface area contributed by atoms with Gasteiger partial charge in [-0.15, -0.1) is 70.5 Å². The van der Waals surface area contributed by atoms with E-state index < -0.39 is 0 Å². The molecule has 0 atom stereocenters. The Morgan fingerprint density at radius 2 is 0.886 bits per heavy atom. The van der Waals surface area contributed by atoms with E-state index >= 15 is 0 Å². The zero-order valence-corrected chi connectivity index (χ0v) is 28.4. The molecule has 4 aromatic rings. The summed E-state index contributed by atoms with van der Waals surface area (Å²) in [5.74, 6) is 2.88. The van der Waals surface area contributed by atoms with Crippen molar-refractivity contribution in [3.8, 4) is 0 Å². The molecule has 0 unspecified atom stereocenters. The Bertz CT molecular complexity index is 1730. The predicted octanol–water partition coefficient (Wildman–Crippen LogP) is 4.26. The number of hydrogen-bond donors (Lipinski definition) is 0. The molecule has 0 saturated heterocycles. The molecule has 8 rings (SSSR count). The van der Waals surface area contributed by atoms with Crippen molar-refractivity contribution in [2.75, 3.05) is 0 Å². The monoisotopic (exact) mass is 684 g/mol. The van der Waals surface area contributed by atoms with Crippen LogP contribution in [0.2, 0.25) is 0 Å². The minimum Gasteiger partial charge on any atom is -1.00 e. The molecular weight excluding hydrogens is 655 g/mol. The van der Waals surface area contributed by atoms with E-state index in [0.717, 1.165) is 12.8 Å². The third-order valence-corrected chi connectivity index (χ3v) is 8.08. The summed E-state index contributed by atoms with van der Waals surface area (Å²) in [4.78, 5) is 0. The molecule has 0 bridgehead atoms. The fourth-order valence-electron chi connectivity index (χ4n) is 6.16. The van der Waals surface area contributed by atoms with Crippen molar-refractivity contribution < 1.29 is 49.0 Å². The molecule has 4 aliphatic carbocycles. The van der Waals surface area contributed by atoms with Gasteiger partial charge in [0.2, 0.25) is 0 Å². The molecule has 0 aromatic heterocycles. The van der Waals surface area contributed by atoms with Gasteiger partial charge < -0.3 is 24.8 Å². The Morgan fingerprint density at radius 1 is 0.477 bits per heavy atom. The van der Waals surface area contributed by atoms with Gasteiger partial charge in [0.1, 0.15) is 0 Å². The molecule has 3 heteroatoms. The van der Waals surface area contributed by atoms with E-state index in [2.05, 4.69) is 162 Å². The fourth-order valence-corrected chi connectivity index (χ4v) is 6.16. The van der Waals surface area contributed by atoms with Crippen molar-refractivity contribution in [2.24, 2.45) is 0 Å². The molecular formula is C41H32Cl2Zr-2. The van der Waals surface area contributed by atoms with E-state index in [-0.39, 0.29) is 24.8 Å². The Balaban J connectivity index is 0.000000182. The Morgan fingerprint density at radius 3 is 1.34 bits per heavy atom. The molecule has 0 fully saturated rings. The van der Waals surface area contributed by atoms with Gasteiger partial charge in [0, 0.05) is 0 Å². The summed E-state index contributed by atoms with van der Waals surface area (Å²) in [6.07, 6.45) is 28.2. The molecule has 0 heterocycles. The number of hydrogen-bond acceptors (Lipinski definition) is 0. The Hall–Kier alpha value is -3.61. The van der Waals surface area contributed by atoms with Crippen LogP contribution in [-0.4, -0.2) is 4.21 Å². The van der Waals surface area contributed by atoms with Crippen LogP contribution in [0.25, 0.3) is 21.5 Å². The average molecular weight is 687 g/mol. The zero-order chi connectivity index (χ0) is 28.7. The van der Waals surface area contributed by atoms with E-state index in [1.54, 1.807) is 0 Å². The normalized spacial score (nSPS) is 15.5. The first-order chi connectivity index (χ1) is 20.9. The largest absolute Gasteiger partial charge is 1.00 e. The summed E-state index contributed by atoms with van der Waals surface area (Å²) < 4.78 is 3.34. The second-order valence-electron chi connectivity index (χ2n) is 10.4. The van der Waals surface area contributed by atoms with E-state index in [9.17, 15) is 0 Å². The quantitative estimate of drug-likeness (QED) is 0.277. The van der Waals surface area contributed by atoms with Crippen LogP contribution in [0.15, 0.2) is 180 Å². The van der Waals surface area contributed by atoms with Gasteiger partial charge in [0.15, 0.2) is 0 Å². The fraction of sp³-hybridized carbons (Fsp3) is 0.0488. The number of rotatable bonds is 2. The Kier molecular flexibility index (Phi) is 12.0. The van der Waals surface area contributed by atoms with E-state index in [0.29, 0.717) is 0 Å². The van der Waals surface area contributed by atoms with Gasteiger partial charge in [-0.25, -0.2) is 0 Å². The van der Waals surface area contributed by atoms with Crippen LogP contribution in [0.1, 0.15) is 24.0 Å².